The van der Waals surface area contributed by atoms with Crippen molar-refractivity contribution in [3.63, 3.8) is 0 Å². The first-order valence-corrected chi connectivity index (χ1v) is 6.50. The van der Waals surface area contributed by atoms with E-state index < -0.39 is 0 Å². The van der Waals surface area contributed by atoms with Crippen molar-refractivity contribution in [2.24, 2.45) is 11.1 Å². The van der Waals surface area contributed by atoms with Gasteiger partial charge in [-0.2, -0.15) is 0 Å². The maximum Gasteiger partial charge on any atom is -0.000825 e. The molecule has 0 aliphatic heterocycles. The summed E-state index contributed by atoms with van der Waals surface area (Å²) < 4.78 is 0. The zero-order valence-corrected chi connectivity index (χ0v) is 11.4. The van der Waals surface area contributed by atoms with E-state index in [-0.39, 0.29) is 5.41 Å². The van der Waals surface area contributed by atoms with E-state index in [1.807, 2.05) is 0 Å². The Morgan fingerprint density at radius 3 is 2.53 bits per heavy atom. The minimum Gasteiger partial charge on any atom is -0.330 e. The van der Waals surface area contributed by atoms with Crippen LogP contribution in [-0.4, -0.2) is 19.6 Å². The standard InChI is InChI=1S/C15H26N2/c1-13-6-4-5-7-14(13)8-10-17-11-9-15(2,3)12-16/h4-7,17H,8-12,16H2,1-3H3. The third-order valence-corrected chi connectivity index (χ3v) is 3.36. The first-order chi connectivity index (χ1) is 8.05. The van der Waals surface area contributed by atoms with Gasteiger partial charge in [-0.25, -0.2) is 0 Å². The summed E-state index contributed by atoms with van der Waals surface area (Å²) >= 11 is 0. The Bertz CT molecular complexity index is 331. The molecule has 17 heavy (non-hydrogen) atoms. The highest BCUT2D eigenvalue weighted by Gasteiger charge is 2.14. The molecular formula is C15H26N2. The molecule has 0 fully saturated rings. The van der Waals surface area contributed by atoms with Gasteiger partial charge in [-0.15, -0.1) is 0 Å². The summed E-state index contributed by atoms with van der Waals surface area (Å²) in [5, 5.41) is 3.50. The van der Waals surface area contributed by atoms with Gasteiger partial charge in [0.25, 0.3) is 0 Å². The molecule has 0 unspecified atom stereocenters. The second-order valence-corrected chi connectivity index (χ2v) is 5.54. The average Bonchev–Trinajstić information content (AvgIpc) is 2.31. The van der Waals surface area contributed by atoms with Gasteiger partial charge in [0.05, 0.1) is 0 Å². The molecule has 0 bridgehead atoms. The Kier molecular flexibility index (Phi) is 5.66. The smallest absolute Gasteiger partial charge is 0.000825 e. The third-order valence-electron chi connectivity index (χ3n) is 3.36. The maximum atomic E-state index is 5.70. The SMILES string of the molecule is Cc1ccccc1CCNCCC(C)(C)CN. The molecule has 1 aromatic carbocycles. The van der Waals surface area contributed by atoms with Gasteiger partial charge in [-0.05, 0) is 55.9 Å². The summed E-state index contributed by atoms with van der Waals surface area (Å²) in [6, 6.07) is 8.59. The Hall–Kier alpha value is -0.860. The van der Waals surface area contributed by atoms with Gasteiger partial charge < -0.3 is 11.1 Å². The van der Waals surface area contributed by atoms with E-state index in [2.05, 4.69) is 50.4 Å². The van der Waals surface area contributed by atoms with Crippen LogP contribution in [0.2, 0.25) is 0 Å². The van der Waals surface area contributed by atoms with Crippen molar-refractivity contribution in [1.29, 1.82) is 0 Å². The van der Waals surface area contributed by atoms with Crippen LogP contribution in [0.15, 0.2) is 24.3 Å². The highest BCUT2D eigenvalue weighted by Crippen LogP contribution is 2.16. The Morgan fingerprint density at radius 1 is 1.18 bits per heavy atom. The summed E-state index contributed by atoms with van der Waals surface area (Å²) in [6.45, 7) is 9.47. The largest absolute Gasteiger partial charge is 0.330 e. The normalized spacial score (nSPS) is 11.8. The van der Waals surface area contributed by atoms with Crippen LogP contribution in [0, 0.1) is 12.3 Å². The van der Waals surface area contributed by atoms with E-state index in [0.717, 1.165) is 32.5 Å². The van der Waals surface area contributed by atoms with Gasteiger partial charge >= 0.3 is 0 Å². The molecule has 0 aromatic heterocycles. The first-order valence-electron chi connectivity index (χ1n) is 6.50. The maximum absolute atomic E-state index is 5.70. The van der Waals surface area contributed by atoms with Crippen molar-refractivity contribution < 1.29 is 0 Å². The monoisotopic (exact) mass is 234 g/mol. The number of hydrogen-bond donors (Lipinski definition) is 2. The van der Waals surface area contributed by atoms with E-state index in [9.17, 15) is 0 Å². The molecule has 0 atom stereocenters. The van der Waals surface area contributed by atoms with Crippen molar-refractivity contribution in [2.75, 3.05) is 19.6 Å². The molecule has 1 aromatic rings. The van der Waals surface area contributed by atoms with Gasteiger partial charge in [-0.3, -0.25) is 0 Å². The fourth-order valence-corrected chi connectivity index (χ4v) is 1.77. The van der Waals surface area contributed by atoms with Crippen LogP contribution in [0.25, 0.3) is 0 Å². The molecule has 2 heteroatoms. The van der Waals surface area contributed by atoms with E-state index >= 15 is 0 Å². The highest BCUT2D eigenvalue weighted by molar-refractivity contribution is 5.25. The number of benzene rings is 1. The van der Waals surface area contributed by atoms with Gasteiger partial charge in [0.15, 0.2) is 0 Å². The fraction of sp³-hybridized carbons (Fsp3) is 0.600. The van der Waals surface area contributed by atoms with Crippen LogP contribution >= 0.6 is 0 Å². The molecule has 2 nitrogen and oxygen atoms in total. The summed E-state index contributed by atoms with van der Waals surface area (Å²) in [6.07, 6.45) is 2.24. The van der Waals surface area contributed by atoms with Crippen molar-refractivity contribution in [1.82, 2.24) is 5.32 Å². The van der Waals surface area contributed by atoms with Crippen LogP contribution in [0.3, 0.4) is 0 Å². The van der Waals surface area contributed by atoms with E-state index in [1.165, 1.54) is 11.1 Å². The topological polar surface area (TPSA) is 38.0 Å². The summed E-state index contributed by atoms with van der Waals surface area (Å²) in [5.74, 6) is 0. The van der Waals surface area contributed by atoms with Gasteiger partial charge in [0.1, 0.15) is 0 Å². The van der Waals surface area contributed by atoms with Crippen molar-refractivity contribution in [3.8, 4) is 0 Å². The average molecular weight is 234 g/mol. The summed E-state index contributed by atoms with van der Waals surface area (Å²) in [4.78, 5) is 0. The molecule has 0 aliphatic carbocycles. The number of nitrogens with one attached hydrogen (secondary N) is 1. The molecule has 3 N–H and O–H groups in total. The molecular weight excluding hydrogens is 208 g/mol. The van der Waals surface area contributed by atoms with Crippen molar-refractivity contribution in [2.45, 2.75) is 33.6 Å². The van der Waals surface area contributed by atoms with E-state index in [0.29, 0.717) is 0 Å². The lowest BCUT2D eigenvalue weighted by atomic mass is 9.90. The molecule has 0 saturated heterocycles. The fourth-order valence-electron chi connectivity index (χ4n) is 1.77. The number of aryl methyl sites for hydroxylation is 1. The Balaban J connectivity index is 2.19. The zero-order chi connectivity index (χ0) is 12.7. The van der Waals surface area contributed by atoms with Crippen LogP contribution in [-0.2, 0) is 6.42 Å². The Morgan fingerprint density at radius 2 is 1.88 bits per heavy atom. The van der Waals surface area contributed by atoms with Crippen molar-refractivity contribution >= 4 is 0 Å². The third kappa shape index (κ3) is 5.33. The second kappa shape index (κ2) is 6.77. The molecule has 0 aliphatic rings. The lowest BCUT2D eigenvalue weighted by Crippen LogP contribution is -2.29. The quantitative estimate of drug-likeness (QED) is 0.711. The predicted octanol–water partition coefficient (Wildman–Crippen LogP) is 2.50. The number of rotatable bonds is 7. The molecule has 0 saturated carbocycles. The number of nitrogens with two attached hydrogens (primary N) is 1. The molecule has 1 rings (SSSR count). The van der Waals surface area contributed by atoms with E-state index in [1.54, 1.807) is 0 Å². The molecule has 0 heterocycles. The first kappa shape index (κ1) is 14.2. The molecule has 96 valence electrons. The highest BCUT2D eigenvalue weighted by atomic mass is 14.8. The van der Waals surface area contributed by atoms with Crippen LogP contribution in [0.4, 0.5) is 0 Å². The lowest BCUT2D eigenvalue weighted by molar-refractivity contribution is 0.340. The zero-order valence-electron chi connectivity index (χ0n) is 11.4. The molecule has 0 spiro atoms. The molecule has 0 amide bonds. The number of hydrogen-bond acceptors (Lipinski definition) is 2. The van der Waals surface area contributed by atoms with E-state index in [4.69, 9.17) is 5.73 Å². The van der Waals surface area contributed by atoms with Gasteiger partial charge in [0, 0.05) is 0 Å². The van der Waals surface area contributed by atoms with Crippen molar-refractivity contribution in [3.05, 3.63) is 35.4 Å². The summed E-state index contributed by atoms with van der Waals surface area (Å²) in [5.41, 5.74) is 8.79. The predicted molar refractivity (Wildman–Crippen MR) is 75.2 cm³/mol. The summed E-state index contributed by atoms with van der Waals surface area (Å²) in [7, 11) is 0. The van der Waals surface area contributed by atoms with Crippen LogP contribution < -0.4 is 11.1 Å². The minimum absolute atomic E-state index is 0.260. The second-order valence-electron chi connectivity index (χ2n) is 5.54. The van der Waals surface area contributed by atoms with Crippen LogP contribution in [0.5, 0.6) is 0 Å². The molecule has 0 radical (unpaired) electrons. The lowest BCUT2D eigenvalue weighted by Gasteiger charge is -2.22. The van der Waals surface area contributed by atoms with Gasteiger partial charge in [0.2, 0.25) is 0 Å². The Labute approximate surface area is 106 Å². The minimum atomic E-state index is 0.260. The van der Waals surface area contributed by atoms with Gasteiger partial charge in [-0.1, -0.05) is 38.1 Å². The van der Waals surface area contributed by atoms with Crippen LogP contribution in [0.1, 0.15) is 31.4 Å².